The van der Waals surface area contributed by atoms with Crippen molar-refractivity contribution < 1.29 is 9.26 Å². The van der Waals surface area contributed by atoms with Crippen LogP contribution in [0.3, 0.4) is 0 Å². The van der Waals surface area contributed by atoms with E-state index in [0.29, 0.717) is 17.5 Å². The van der Waals surface area contributed by atoms with Gasteiger partial charge < -0.3 is 15.0 Å². The number of hydrogen-bond donors (Lipinski definition) is 1. The molecule has 3 heterocycles. The Bertz CT molecular complexity index is 933. The summed E-state index contributed by atoms with van der Waals surface area (Å²) in [6.07, 6.45) is 2.45. The van der Waals surface area contributed by atoms with Crippen LogP contribution in [0.2, 0.25) is 0 Å². The zero-order valence-corrected chi connectivity index (χ0v) is 14.5. The van der Waals surface area contributed by atoms with Crippen LogP contribution in [0.5, 0.6) is 5.75 Å². The van der Waals surface area contributed by atoms with Crippen molar-refractivity contribution in [2.45, 2.75) is 38.7 Å². The highest BCUT2D eigenvalue weighted by molar-refractivity contribution is 5.60. The Kier molecular flexibility index (Phi) is 3.49. The van der Waals surface area contributed by atoms with Gasteiger partial charge in [0.05, 0.1) is 5.92 Å². The maximum absolute atomic E-state index is 6.08. The Labute approximate surface area is 146 Å². The Morgan fingerprint density at radius 1 is 1.24 bits per heavy atom. The molecule has 6 heteroatoms. The molecular formula is C19H20N4O2. The molecule has 6 nitrogen and oxygen atoms in total. The number of pyridine rings is 1. The fourth-order valence-electron chi connectivity index (χ4n) is 3.32. The minimum Gasteiger partial charge on any atom is -0.488 e. The van der Waals surface area contributed by atoms with E-state index in [0.717, 1.165) is 28.9 Å². The summed E-state index contributed by atoms with van der Waals surface area (Å²) in [7, 11) is 0. The van der Waals surface area contributed by atoms with E-state index >= 15 is 0 Å². The number of hydrogen-bond acceptors (Lipinski definition) is 6. The summed E-state index contributed by atoms with van der Waals surface area (Å²) in [6.45, 7) is 6.10. The van der Waals surface area contributed by atoms with Crippen LogP contribution in [-0.2, 0) is 0 Å². The van der Waals surface area contributed by atoms with Gasteiger partial charge in [-0.2, -0.15) is 4.98 Å². The number of rotatable bonds is 2. The molecule has 4 rings (SSSR count). The molecule has 25 heavy (non-hydrogen) atoms. The average molecular weight is 336 g/mol. The molecule has 3 aromatic rings. The second-order valence-electron chi connectivity index (χ2n) is 7.04. The highest BCUT2D eigenvalue weighted by Crippen LogP contribution is 2.43. The Morgan fingerprint density at radius 2 is 2.04 bits per heavy atom. The summed E-state index contributed by atoms with van der Waals surface area (Å²) in [5.74, 6) is 2.47. The maximum Gasteiger partial charge on any atom is 0.234 e. The lowest BCUT2D eigenvalue weighted by atomic mass is 9.84. The predicted octanol–water partition coefficient (Wildman–Crippen LogP) is 3.72. The summed E-state index contributed by atoms with van der Waals surface area (Å²) in [5.41, 5.74) is 8.28. The predicted molar refractivity (Wildman–Crippen MR) is 94.3 cm³/mol. The van der Waals surface area contributed by atoms with Crippen molar-refractivity contribution in [2.75, 3.05) is 5.73 Å². The monoisotopic (exact) mass is 336 g/mol. The molecule has 1 atom stereocenters. The second-order valence-corrected chi connectivity index (χ2v) is 7.04. The zero-order chi connectivity index (χ0) is 17.6. The van der Waals surface area contributed by atoms with Gasteiger partial charge in [0.1, 0.15) is 17.2 Å². The highest BCUT2D eigenvalue weighted by Gasteiger charge is 2.37. The van der Waals surface area contributed by atoms with Gasteiger partial charge in [0.25, 0.3) is 0 Å². The van der Waals surface area contributed by atoms with Gasteiger partial charge in [-0.1, -0.05) is 23.4 Å². The number of benzene rings is 1. The van der Waals surface area contributed by atoms with E-state index in [-0.39, 0.29) is 11.5 Å². The quantitative estimate of drug-likeness (QED) is 0.767. The molecule has 0 saturated carbocycles. The minimum atomic E-state index is -0.299. The van der Waals surface area contributed by atoms with Crippen LogP contribution < -0.4 is 10.5 Å². The lowest BCUT2D eigenvalue weighted by molar-refractivity contribution is 0.0725. The molecule has 0 amide bonds. The van der Waals surface area contributed by atoms with E-state index in [1.807, 2.05) is 25.1 Å². The number of nitrogen functional groups attached to an aromatic ring is 1. The van der Waals surface area contributed by atoms with E-state index in [1.54, 1.807) is 12.3 Å². The molecular weight excluding hydrogens is 316 g/mol. The molecule has 2 aromatic heterocycles. The van der Waals surface area contributed by atoms with E-state index in [9.17, 15) is 0 Å². The van der Waals surface area contributed by atoms with E-state index in [1.165, 1.54) is 0 Å². The lowest BCUT2D eigenvalue weighted by Gasteiger charge is -2.36. The fraction of sp³-hybridized carbons (Fsp3) is 0.316. The first-order chi connectivity index (χ1) is 11.9. The summed E-state index contributed by atoms with van der Waals surface area (Å²) in [6, 6.07) is 9.81. The first-order valence-corrected chi connectivity index (χ1v) is 8.27. The Hall–Kier alpha value is -2.89. The number of nitrogens with zero attached hydrogens (tertiary/aromatic N) is 3. The van der Waals surface area contributed by atoms with Crippen LogP contribution in [0, 0.1) is 6.92 Å². The minimum absolute atomic E-state index is 0.00301. The zero-order valence-electron chi connectivity index (χ0n) is 14.5. The number of aromatic nitrogens is 3. The number of para-hydroxylation sites is 1. The summed E-state index contributed by atoms with van der Waals surface area (Å²) in [4.78, 5) is 8.78. The number of nitrogens with two attached hydrogens (primary N) is 1. The first-order valence-electron chi connectivity index (χ1n) is 8.27. The van der Waals surface area contributed by atoms with Gasteiger partial charge in [0.2, 0.25) is 11.7 Å². The average Bonchev–Trinajstić information content (AvgIpc) is 3.02. The summed E-state index contributed by atoms with van der Waals surface area (Å²) < 4.78 is 11.7. The SMILES string of the molecule is Cc1cc(N)ncc1-c1noc(C2CC(C)(C)Oc3ccccc32)n1. The molecule has 1 aromatic carbocycles. The summed E-state index contributed by atoms with van der Waals surface area (Å²) >= 11 is 0. The molecule has 128 valence electrons. The highest BCUT2D eigenvalue weighted by atomic mass is 16.5. The van der Waals surface area contributed by atoms with Crippen LogP contribution in [0.25, 0.3) is 11.4 Å². The van der Waals surface area contributed by atoms with Crippen molar-refractivity contribution in [3.05, 3.63) is 53.5 Å². The van der Waals surface area contributed by atoms with Gasteiger partial charge in [-0.25, -0.2) is 4.98 Å². The number of anilines is 1. The van der Waals surface area contributed by atoms with Crippen molar-refractivity contribution in [2.24, 2.45) is 0 Å². The molecule has 0 radical (unpaired) electrons. The van der Waals surface area contributed by atoms with Gasteiger partial charge in [0, 0.05) is 23.7 Å². The molecule has 2 N–H and O–H groups in total. The Morgan fingerprint density at radius 3 is 2.84 bits per heavy atom. The molecule has 0 bridgehead atoms. The lowest BCUT2D eigenvalue weighted by Crippen LogP contribution is -2.35. The maximum atomic E-state index is 6.08. The van der Waals surface area contributed by atoms with Crippen molar-refractivity contribution in [1.82, 2.24) is 15.1 Å². The third-order valence-corrected chi connectivity index (χ3v) is 4.49. The van der Waals surface area contributed by atoms with Gasteiger partial charge in [-0.15, -0.1) is 0 Å². The van der Waals surface area contributed by atoms with E-state index < -0.39 is 0 Å². The number of aryl methyl sites for hydroxylation is 1. The second kappa shape index (κ2) is 5.58. The standard InChI is InChI=1S/C19H20N4O2/c1-11-8-16(20)21-10-14(11)17-22-18(25-23-17)13-9-19(2,3)24-15-7-5-4-6-12(13)15/h4-8,10,13H,9H2,1-3H3,(H2,20,21). The van der Waals surface area contributed by atoms with Crippen molar-refractivity contribution in [3.8, 4) is 17.1 Å². The van der Waals surface area contributed by atoms with E-state index in [4.69, 9.17) is 15.0 Å². The van der Waals surface area contributed by atoms with Crippen LogP contribution in [-0.4, -0.2) is 20.7 Å². The van der Waals surface area contributed by atoms with Crippen LogP contribution in [0.15, 0.2) is 41.1 Å². The molecule has 1 aliphatic heterocycles. The van der Waals surface area contributed by atoms with Crippen molar-refractivity contribution in [1.29, 1.82) is 0 Å². The smallest absolute Gasteiger partial charge is 0.234 e. The van der Waals surface area contributed by atoms with Gasteiger partial charge >= 0.3 is 0 Å². The molecule has 0 saturated heterocycles. The topological polar surface area (TPSA) is 87.1 Å². The van der Waals surface area contributed by atoms with Crippen molar-refractivity contribution >= 4 is 5.82 Å². The third kappa shape index (κ3) is 2.84. The molecule has 0 spiro atoms. The Balaban J connectivity index is 1.75. The molecule has 0 fully saturated rings. The molecule has 1 aliphatic rings. The molecule has 0 aliphatic carbocycles. The third-order valence-electron chi connectivity index (χ3n) is 4.49. The largest absolute Gasteiger partial charge is 0.488 e. The van der Waals surface area contributed by atoms with Crippen LogP contribution in [0.4, 0.5) is 5.82 Å². The van der Waals surface area contributed by atoms with Gasteiger partial charge in [-0.05, 0) is 38.5 Å². The van der Waals surface area contributed by atoms with Gasteiger partial charge in [0.15, 0.2) is 0 Å². The fourth-order valence-corrected chi connectivity index (χ4v) is 3.32. The number of ether oxygens (including phenoxy) is 1. The van der Waals surface area contributed by atoms with Crippen LogP contribution in [0.1, 0.15) is 43.2 Å². The number of fused-ring (bicyclic) bond motifs is 1. The van der Waals surface area contributed by atoms with E-state index in [2.05, 4.69) is 35.0 Å². The molecule has 1 unspecified atom stereocenters. The summed E-state index contributed by atoms with van der Waals surface area (Å²) in [5, 5.41) is 4.17. The first kappa shape index (κ1) is 15.6. The van der Waals surface area contributed by atoms with Gasteiger partial charge in [-0.3, -0.25) is 0 Å². The van der Waals surface area contributed by atoms with Crippen LogP contribution >= 0.6 is 0 Å². The van der Waals surface area contributed by atoms with Crippen molar-refractivity contribution in [3.63, 3.8) is 0 Å². The normalized spacial score (nSPS) is 18.4.